The van der Waals surface area contributed by atoms with Crippen LogP contribution >= 0.6 is 0 Å². The number of aromatic nitrogens is 8. The van der Waals surface area contributed by atoms with Crippen LogP contribution in [-0.2, 0) is 12.4 Å². The van der Waals surface area contributed by atoms with Crippen LogP contribution in [0.25, 0.3) is 22.8 Å². The van der Waals surface area contributed by atoms with Crippen molar-refractivity contribution in [3.8, 4) is 22.8 Å². The van der Waals surface area contributed by atoms with Crippen LogP contribution in [0.2, 0.25) is 0 Å². The number of alkyl halides is 6. The van der Waals surface area contributed by atoms with Crippen molar-refractivity contribution in [2.75, 3.05) is 0 Å². The van der Waals surface area contributed by atoms with Crippen LogP contribution in [0.15, 0.2) is 37.4 Å². The van der Waals surface area contributed by atoms with E-state index in [-0.39, 0.29) is 22.5 Å². The van der Waals surface area contributed by atoms with Gasteiger partial charge in [-0.15, -0.1) is 0 Å². The van der Waals surface area contributed by atoms with E-state index in [9.17, 15) is 31.1 Å². The summed E-state index contributed by atoms with van der Waals surface area (Å²) in [6, 6.07) is 0. The normalized spacial score (nSPS) is 12.0. The first-order valence-electron chi connectivity index (χ1n) is 9.85. The molecule has 0 radical (unpaired) electrons. The van der Waals surface area contributed by atoms with Gasteiger partial charge < -0.3 is 0 Å². The van der Waals surface area contributed by atoms with Crippen molar-refractivity contribution in [3.63, 3.8) is 0 Å². The number of carbonyl (C=O) groups is 1. The van der Waals surface area contributed by atoms with Gasteiger partial charge >= 0.3 is 12.4 Å². The van der Waals surface area contributed by atoms with Crippen LogP contribution < -0.4 is 0 Å². The number of rotatable bonds is 4. The fraction of sp³-hybridized carbons (Fsp3) is 0.190. The van der Waals surface area contributed by atoms with Crippen molar-refractivity contribution in [3.05, 3.63) is 71.3 Å². The van der Waals surface area contributed by atoms with E-state index >= 15 is 0 Å². The van der Waals surface area contributed by atoms with E-state index in [1.54, 1.807) is 0 Å². The van der Waals surface area contributed by atoms with Gasteiger partial charge in [-0.3, -0.25) is 4.79 Å². The zero-order valence-electron chi connectivity index (χ0n) is 18.2. The van der Waals surface area contributed by atoms with Gasteiger partial charge in [-0.2, -0.15) is 26.3 Å². The van der Waals surface area contributed by atoms with Gasteiger partial charge in [-0.25, -0.2) is 39.9 Å². The first-order chi connectivity index (χ1) is 16.9. The van der Waals surface area contributed by atoms with Crippen LogP contribution in [0.4, 0.5) is 26.3 Å². The minimum atomic E-state index is -5.20. The molecule has 0 saturated heterocycles. The summed E-state index contributed by atoms with van der Waals surface area (Å²) >= 11 is 0. The molecule has 0 N–H and O–H groups in total. The van der Waals surface area contributed by atoms with Gasteiger partial charge in [0.1, 0.15) is 12.7 Å². The molecule has 4 rings (SSSR count). The van der Waals surface area contributed by atoms with Crippen molar-refractivity contribution in [1.82, 2.24) is 39.9 Å². The lowest BCUT2D eigenvalue weighted by Gasteiger charge is -2.15. The van der Waals surface area contributed by atoms with Gasteiger partial charge in [0.15, 0.2) is 23.0 Å². The molecular weight excluding hydrogens is 494 g/mol. The lowest BCUT2D eigenvalue weighted by molar-refractivity contribution is -0.141. The maximum Gasteiger partial charge on any atom is 0.434 e. The molecule has 4 aromatic heterocycles. The average Bonchev–Trinajstić information content (AvgIpc) is 2.82. The zero-order valence-corrected chi connectivity index (χ0v) is 18.2. The molecule has 0 saturated carbocycles. The van der Waals surface area contributed by atoms with Crippen LogP contribution in [-0.4, -0.2) is 45.7 Å². The number of hydrogen-bond acceptors (Lipinski definition) is 9. The molecule has 0 unspecified atom stereocenters. The Morgan fingerprint density at radius 1 is 0.639 bits per heavy atom. The van der Waals surface area contributed by atoms with E-state index in [1.807, 2.05) is 0 Å². The minimum absolute atomic E-state index is 0.0473. The molecular formula is C21H12F6N8O. The Labute approximate surface area is 197 Å². The maximum atomic E-state index is 13.8. The smallest absolute Gasteiger partial charge is 0.288 e. The summed E-state index contributed by atoms with van der Waals surface area (Å²) in [6.45, 7) is 2.95. The Morgan fingerprint density at radius 3 is 1.36 bits per heavy atom. The second kappa shape index (κ2) is 8.98. The van der Waals surface area contributed by atoms with Crippen LogP contribution in [0.3, 0.4) is 0 Å². The van der Waals surface area contributed by atoms with E-state index in [4.69, 9.17) is 0 Å². The van der Waals surface area contributed by atoms with E-state index in [2.05, 4.69) is 39.9 Å². The van der Waals surface area contributed by atoms with E-state index in [0.29, 0.717) is 12.4 Å². The number of halogens is 6. The van der Waals surface area contributed by atoms with Gasteiger partial charge in [0, 0.05) is 24.8 Å². The molecule has 0 amide bonds. The molecule has 4 aromatic rings. The highest BCUT2D eigenvalue weighted by Crippen LogP contribution is 2.36. The molecule has 36 heavy (non-hydrogen) atoms. The molecule has 184 valence electrons. The van der Waals surface area contributed by atoms with Crippen molar-refractivity contribution in [2.24, 2.45) is 0 Å². The number of ketones is 1. The molecule has 0 bridgehead atoms. The third-order valence-corrected chi connectivity index (χ3v) is 4.91. The van der Waals surface area contributed by atoms with Gasteiger partial charge in [0.05, 0.1) is 33.6 Å². The Kier molecular flexibility index (Phi) is 6.16. The van der Waals surface area contributed by atoms with Gasteiger partial charge in [0.2, 0.25) is 5.78 Å². The Bertz CT molecular complexity index is 1360. The highest BCUT2D eigenvalue weighted by atomic mass is 19.4. The topological polar surface area (TPSA) is 120 Å². The summed E-state index contributed by atoms with van der Waals surface area (Å²) in [7, 11) is 0. The van der Waals surface area contributed by atoms with Crippen molar-refractivity contribution >= 4 is 5.78 Å². The number of hydrogen-bond donors (Lipinski definition) is 0. The summed E-state index contributed by atoms with van der Waals surface area (Å²) in [5, 5.41) is 0. The fourth-order valence-electron chi connectivity index (χ4n) is 3.15. The van der Waals surface area contributed by atoms with Crippen molar-refractivity contribution < 1.29 is 31.1 Å². The lowest BCUT2D eigenvalue weighted by atomic mass is 10.0. The standard InChI is InChI=1S/C21H12F6N8O/c1-9-11(3-28-7-32-9)18-30-5-13(16(34-18)20(22,23)24)15(36)14-6-31-19(35-17(14)21(25,26)27)12-4-29-8-33-10(12)2/h3-8H,1-2H3. The molecule has 9 nitrogen and oxygen atoms in total. The van der Waals surface area contributed by atoms with Crippen LogP contribution in [0, 0.1) is 13.8 Å². The Morgan fingerprint density at radius 2 is 1.03 bits per heavy atom. The minimum Gasteiger partial charge on any atom is -0.288 e. The van der Waals surface area contributed by atoms with E-state index in [0.717, 1.165) is 12.7 Å². The average molecular weight is 506 g/mol. The maximum absolute atomic E-state index is 13.8. The quantitative estimate of drug-likeness (QED) is 0.298. The van der Waals surface area contributed by atoms with Crippen molar-refractivity contribution in [2.45, 2.75) is 26.2 Å². The Hall–Kier alpha value is -4.43. The second-order valence-electron chi connectivity index (χ2n) is 7.28. The second-order valence-corrected chi connectivity index (χ2v) is 7.28. The molecule has 4 heterocycles. The molecule has 0 aliphatic rings. The number of nitrogens with zero attached hydrogens (tertiary/aromatic N) is 8. The third kappa shape index (κ3) is 4.71. The monoisotopic (exact) mass is 506 g/mol. The molecule has 0 spiro atoms. The molecule has 0 aliphatic heterocycles. The molecule has 0 atom stereocenters. The highest BCUT2D eigenvalue weighted by molar-refractivity contribution is 6.10. The largest absolute Gasteiger partial charge is 0.434 e. The van der Waals surface area contributed by atoms with Crippen molar-refractivity contribution in [1.29, 1.82) is 0 Å². The summed E-state index contributed by atoms with van der Waals surface area (Å²) in [5.74, 6) is -2.58. The molecule has 0 aromatic carbocycles. The first kappa shape index (κ1) is 24.7. The van der Waals surface area contributed by atoms with E-state index < -0.39 is 52.3 Å². The lowest BCUT2D eigenvalue weighted by Crippen LogP contribution is -2.22. The number of aryl methyl sites for hydroxylation is 2. The highest BCUT2D eigenvalue weighted by Gasteiger charge is 2.42. The summed E-state index contributed by atoms with van der Waals surface area (Å²) < 4.78 is 83.1. The summed E-state index contributed by atoms with van der Waals surface area (Å²) in [5.41, 5.74) is -5.28. The SMILES string of the molecule is Cc1ncncc1-c1ncc(C(=O)c2cnc(-c3cncnc3C)nc2C(F)(F)F)c(C(F)(F)F)n1. The summed E-state index contributed by atoms with van der Waals surface area (Å²) in [4.78, 5) is 42.4. The van der Waals surface area contributed by atoms with Gasteiger partial charge in [0.25, 0.3) is 0 Å². The van der Waals surface area contributed by atoms with Gasteiger partial charge in [-0.1, -0.05) is 0 Å². The molecule has 0 fully saturated rings. The van der Waals surface area contributed by atoms with Crippen LogP contribution in [0.1, 0.15) is 38.7 Å². The zero-order chi connectivity index (χ0) is 26.3. The molecule has 15 heteroatoms. The predicted octanol–water partition coefficient (Wildman–Crippen LogP) is 4.07. The predicted molar refractivity (Wildman–Crippen MR) is 109 cm³/mol. The van der Waals surface area contributed by atoms with Gasteiger partial charge in [-0.05, 0) is 13.8 Å². The van der Waals surface area contributed by atoms with Crippen LogP contribution in [0.5, 0.6) is 0 Å². The fourth-order valence-corrected chi connectivity index (χ4v) is 3.15. The number of carbonyl (C=O) groups excluding carboxylic acids is 1. The third-order valence-electron chi connectivity index (χ3n) is 4.91. The summed E-state index contributed by atoms with van der Waals surface area (Å²) in [6.07, 6.45) is -4.74. The molecule has 0 aliphatic carbocycles. The van der Waals surface area contributed by atoms with E-state index in [1.165, 1.54) is 26.2 Å². The Balaban J connectivity index is 1.87. The first-order valence-corrected chi connectivity index (χ1v) is 9.85.